The molecule has 0 unspecified atom stereocenters. The van der Waals surface area contributed by atoms with E-state index in [0.29, 0.717) is 6.42 Å². The smallest absolute Gasteiger partial charge is 0.269 e. The summed E-state index contributed by atoms with van der Waals surface area (Å²) in [5.74, 6) is -0.102. The molecule has 1 amide bonds. The molecule has 1 saturated carbocycles. The minimum atomic E-state index is -0.430. The Morgan fingerprint density at radius 3 is 2.81 bits per heavy atom. The van der Waals surface area contributed by atoms with Crippen molar-refractivity contribution in [1.29, 1.82) is 0 Å². The number of ether oxygens (including phenoxy) is 1. The van der Waals surface area contributed by atoms with E-state index in [1.165, 1.54) is 12.1 Å². The second kappa shape index (κ2) is 5.81. The van der Waals surface area contributed by atoms with Crippen LogP contribution in [0, 0.1) is 16.0 Å². The molecule has 1 aromatic carbocycles. The van der Waals surface area contributed by atoms with Crippen LogP contribution in [-0.2, 0) is 16.1 Å². The van der Waals surface area contributed by atoms with Crippen LogP contribution in [0.25, 0.3) is 0 Å². The van der Waals surface area contributed by atoms with Crippen molar-refractivity contribution >= 4 is 11.6 Å². The Morgan fingerprint density at radius 2 is 2.19 bits per heavy atom. The zero-order valence-corrected chi connectivity index (χ0v) is 12.5. The van der Waals surface area contributed by atoms with Crippen molar-refractivity contribution in [3.05, 3.63) is 39.9 Å². The van der Waals surface area contributed by atoms with Gasteiger partial charge in [0, 0.05) is 17.7 Å². The van der Waals surface area contributed by atoms with Gasteiger partial charge in [-0.2, -0.15) is 0 Å². The van der Waals surface area contributed by atoms with E-state index in [9.17, 15) is 14.9 Å². The van der Waals surface area contributed by atoms with Gasteiger partial charge in [-0.05, 0) is 32.8 Å². The number of nitro groups is 1. The average molecular weight is 292 g/mol. The first-order valence-corrected chi connectivity index (χ1v) is 6.93. The van der Waals surface area contributed by atoms with Crippen molar-refractivity contribution in [3.63, 3.8) is 0 Å². The molecule has 0 aromatic heterocycles. The van der Waals surface area contributed by atoms with Crippen LogP contribution in [-0.4, -0.2) is 22.5 Å². The maximum absolute atomic E-state index is 11.9. The first-order chi connectivity index (χ1) is 9.76. The van der Waals surface area contributed by atoms with Gasteiger partial charge in [0.2, 0.25) is 5.91 Å². The maximum Gasteiger partial charge on any atom is 0.269 e. The molecule has 1 aliphatic rings. The zero-order valence-electron chi connectivity index (χ0n) is 12.5. The van der Waals surface area contributed by atoms with Crippen molar-refractivity contribution in [2.45, 2.75) is 45.4 Å². The summed E-state index contributed by atoms with van der Waals surface area (Å²) in [6, 6.07) is 6.35. The number of carbonyl (C=O) groups excluding carboxylic acids is 1. The molecule has 21 heavy (non-hydrogen) atoms. The third kappa shape index (κ3) is 4.53. The number of nitrogens with zero attached hydrogens (tertiary/aromatic N) is 1. The largest absolute Gasteiger partial charge is 0.373 e. The number of benzene rings is 1. The topological polar surface area (TPSA) is 81.5 Å². The molecular weight excluding hydrogens is 272 g/mol. The van der Waals surface area contributed by atoms with Crippen molar-refractivity contribution in [1.82, 2.24) is 5.32 Å². The summed E-state index contributed by atoms with van der Waals surface area (Å²) in [7, 11) is 0. The van der Waals surface area contributed by atoms with Crippen molar-refractivity contribution < 1.29 is 14.5 Å². The quantitative estimate of drug-likeness (QED) is 0.667. The predicted molar refractivity (Wildman–Crippen MR) is 77.7 cm³/mol. The summed E-state index contributed by atoms with van der Waals surface area (Å²) in [6.45, 7) is 6.09. The molecule has 114 valence electrons. The lowest BCUT2D eigenvalue weighted by Gasteiger charge is -2.20. The van der Waals surface area contributed by atoms with Gasteiger partial charge in [-0.15, -0.1) is 0 Å². The summed E-state index contributed by atoms with van der Waals surface area (Å²) in [4.78, 5) is 22.2. The van der Waals surface area contributed by atoms with E-state index >= 15 is 0 Å². The fourth-order valence-corrected chi connectivity index (χ4v) is 2.06. The van der Waals surface area contributed by atoms with Gasteiger partial charge < -0.3 is 10.1 Å². The van der Waals surface area contributed by atoms with Crippen LogP contribution in [0.15, 0.2) is 24.3 Å². The summed E-state index contributed by atoms with van der Waals surface area (Å²) in [5.41, 5.74) is 0.546. The van der Waals surface area contributed by atoms with E-state index in [-0.39, 0.29) is 35.8 Å². The van der Waals surface area contributed by atoms with E-state index in [0.717, 1.165) is 5.56 Å². The lowest BCUT2D eigenvalue weighted by Crippen LogP contribution is -2.42. The van der Waals surface area contributed by atoms with Crippen molar-refractivity contribution in [3.8, 4) is 0 Å². The van der Waals surface area contributed by atoms with E-state index in [4.69, 9.17) is 4.74 Å². The second-order valence-corrected chi connectivity index (χ2v) is 6.36. The number of nitrogens with one attached hydrogen (secondary N) is 1. The number of rotatable bonds is 5. The molecule has 1 fully saturated rings. The van der Waals surface area contributed by atoms with Crippen LogP contribution >= 0.6 is 0 Å². The number of amides is 1. The molecule has 1 aliphatic carbocycles. The van der Waals surface area contributed by atoms with Crippen molar-refractivity contribution in [2.24, 2.45) is 5.92 Å². The molecule has 1 N–H and O–H groups in total. The first-order valence-electron chi connectivity index (χ1n) is 6.93. The van der Waals surface area contributed by atoms with Crippen LogP contribution < -0.4 is 5.32 Å². The highest BCUT2D eigenvalue weighted by Gasteiger charge is 2.44. The highest BCUT2D eigenvalue weighted by Crippen LogP contribution is 2.35. The molecule has 6 nitrogen and oxygen atoms in total. The van der Waals surface area contributed by atoms with Gasteiger partial charge in [0.1, 0.15) is 0 Å². The van der Waals surface area contributed by atoms with Gasteiger partial charge in [-0.25, -0.2) is 0 Å². The first kappa shape index (κ1) is 15.4. The van der Waals surface area contributed by atoms with Gasteiger partial charge in [0.15, 0.2) is 0 Å². The SMILES string of the molecule is CC(C)(C)NC(=O)[C@@H]1C[C@H]1OCc1cccc([N+](=O)[O-])c1. The second-order valence-electron chi connectivity index (χ2n) is 6.36. The molecule has 0 aliphatic heterocycles. The Bertz CT molecular complexity index is 551. The summed E-state index contributed by atoms with van der Waals surface area (Å²) in [6.07, 6.45) is 0.614. The number of hydrogen-bond donors (Lipinski definition) is 1. The van der Waals surface area contributed by atoms with Gasteiger partial charge in [0.05, 0.1) is 23.6 Å². The van der Waals surface area contributed by atoms with E-state index in [2.05, 4.69) is 5.32 Å². The number of hydrogen-bond acceptors (Lipinski definition) is 4. The molecule has 2 atom stereocenters. The lowest BCUT2D eigenvalue weighted by atomic mass is 10.1. The number of nitro benzene ring substituents is 1. The molecule has 0 radical (unpaired) electrons. The maximum atomic E-state index is 11.9. The number of non-ortho nitro benzene ring substituents is 1. The van der Waals surface area contributed by atoms with Crippen molar-refractivity contribution in [2.75, 3.05) is 0 Å². The van der Waals surface area contributed by atoms with Gasteiger partial charge in [-0.1, -0.05) is 12.1 Å². The zero-order chi connectivity index (χ0) is 15.6. The standard InChI is InChI=1S/C15H20N2O4/c1-15(2,3)16-14(18)12-8-13(12)21-9-10-5-4-6-11(7-10)17(19)20/h4-7,12-13H,8-9H2,1-3H3,(H,16,18)/t12-,13-/m1/s1. The lowest BCUT2D eigenvalue weighted by molar-refractivity contribution is -0.385. The molecule has 0 saturated heterocycles. The summed E-state index contributed by atoms with van der Waals surface area (Å²) < 4.78 is 5.64. The molecule has 6 heteroatoms. The normalized spacial score (nSPS) is 20.9. The summed E-state index contributed by atoms with van der Waals surface area (Å²) >= 11 is 0. The van der Waals surface area contributed by atoms with Gasteiger partial charge in [-0.3, -0.25) is 14.9 Å². The monoisotopic (exact) mass is 292 g/mol. The highest BCUT2D eigenvalue weighted by molar-refractivity contribution is 5.82. The van der Waals surface area contributed by atoms with Crippen LogP contribution in [0.3, 0.4) is 0 Å². The summed E-state index contributed by atoms with van der Waals surface area (Å²) in [5, 5.41) is 13.6. The van der Waals surface area contributed by atoms with Crippen LogP contribution in [0.2, 0.25) is 0 Å². The fraction of sp³-hybridized carbons (Fsp3) is 0.533. The van der Waals surface area contributed by atoms with E-state index in [1.54, 1.807) is 12.1 Å². The minimum absolute atomic E-state index is 0.00606. The minimum Gasteiger partial charge on any atom is -0.373 e. The van der Waals surface area contributed by atoms with Gasteiger partial charge >= 0.3 is 0 Å². The predicted octanol–water partition coefficient (Wildman–Crippen LogP) is 2.41. The van der Waals surface area contributed by atoms with E-state index in [1.807, 2.05) is 20.8 Å². The Morgan fingerprint density at radius 1 is 1.48 bits per heavy atom. The Labute approximate surface area is 123 Å². The third-order valence-electron chi connectivity index (χ3n) is 3.15. The van der Waals surface area contributed by atoms with Crippen LogP contribution in [0.5, 0.6) is 0 Å². The Kier molecular flexibility index (Phi) is 4.27. The third-order valence-corrected chi connectivity index (χ3v) is 3.15. The molecule has 1 aromatic rings. The van der Waals surface area contributed by atoms with Crippen LogP contribution in [0.1, 0.15) is 32.8 Å². The average Bonchev–Trinajstić information content (AvgIpc) is 3.14. The molecule has 2 rings (SSSR count). The Balaban J connectivity index is 1.82. The molecule has 0 bridgehead atoms. The molecule has 0 spiro atoms. The van der Waals surface area contributed by atoms with Gasteiger partial charge in [0.25, 0.3) is 5.69 Å². The highest BCUT2D eigenvalue weighted by atomic mass is 16.6. The fourth-order valence-electron chi connectivity index (χ4n) is 2.06. The molecule has 0 heterocycles. The Hall–Kier alpha value is -1.95. The van der Waals surface area contributed by atoms with Crippen LogP contribution in [0.4, 0.5) is 5.69 Å². The molecular formula is C15H20N2O4. The van der Waals surface area contributed by atoms with E-state index < -0.39 is 4.92 Å². The number of carbonyl (C=O) groups is 1.